The molecule has 0 N–H and O–H groups in total. The molecule has 3 rings (SSSR count). The van der Waals surface area contributed by atoms with E-state index in [0.717, 1.165) is 16.5 Å². The third-order valence-corrected chi connectivity index (χ3v) is 5.47. The molecule has 1 saturated carbocycles. The smallest absolute Gasteiger partial charge is 0.315 e. The molecule has 6 heteroatoms. The number of hydrogen-bond donors (Lipinski definition) is 0. The Morgan fingerprint density at radius 2 is 1.90 bits per heavy atom. The van der Waals surface area contributed by atoms with Crippen molar-refractivity contribution in [3.05, 3.63) is 47.7 Å². The first-order valence-electron chi connectivity index (χ1n) is 10.3. The van der Waals surface area contributed by atoms with Crippen LogP contribution in [0.5, 0.6) is 0 Å². The minimum absolute atomic E-state index is 0.188. The molecular formula is C24H27NO5. The maximum absolute atomic E-state index is 12.6. The van der Waals surface area contributed by atoms with E-state index in [1.165, 1.54) is 6.92 Å². The Morgan fingerprint density at radius 1 is 1.20 bits per heavy atom. The first-order chi connectivity index (χ1) is 14.3. The number of rotatable bonds is 6. The lowest BCUT2D eigenvalue weighted by Crippen LogP contribution is -2.35. The van der Waals surface area contributed by atoms with Crippen LogP contribution in [-0.4, -0.2) is 29.3 Å². The highest BCUT2D eigenvalue weighted by molar-refractivity contribution is 5.87. The molecule has 1 fully saturated rings. The molecule has 1 aliphatic carbocycles. The van der Waals surface area contributed by atoms with Gasteiger partial charge in [0.05, 0.1) is 23.2 Å². The molecule has 1 aromatic heterocycles. The molecule has 1 aliphatic rings. The van der Waals surface area contributed by atoms with Crippen LogP contribution in [0.2, 0.25) is 0 Å². The minimum atomic E-state index is -0.766. The van der Waals surface area contributed by atoms with Gasteiger partial charge in [-0.05, 0) is 44.4 Å². The summed E-state index contributed by atoms with van der Waals surface area (Å²) in [5, 5.41) is 0.967. The number of carbonyl (C=O) groups is 3. The maximum atomic E-state index is 12.6. The Labute approximate surface area is 176 Å². The molecule has 0 saturated heterocycles. The third-order valence-electron chi connectivity index (χ3n) is 5.47. The molecule has 158 valence electrons. The largest absolute Gasteiger partial charge is 0.465 e. The zero-order chi connectivity index (χ0) is 21.7. The molecule has 2 aromatic rings. The number of carbonyl (C=O) groups excluding carboxylic acids is 3. The van der Waals surface area contributed by atoms with E-state index in [-0.39, 0.29) is 17.7 Å². The van der Waals surface area contributed by atoms with Gasteiger partial charge in [0.2, 0.25) is 0 Å². The summed E-state index contributed by atoms with van der Waals surface area (Å²) in [5.74, 6) is -0.436. The van der Waals surface area contributed by atoms with Gasteiger partial charge in [-0.25, -0.2) is 4.98 Å². The molecule has 1 unspecified atom stereocenters. The second kappa shape index (κ2) is 9.20. The Bertz CT molecular complexity index is 984. The fourth-order valence-electron chi connectivity index (χ4n) is 3.73. The summed E-state index contributed by atoms with van der Waals surface area (Å²) in [7, 11) is 0. The van der Waals surface area contributed by atoms with E-state index < -0.39 is 11.5 Å². The number of Topliss-reactive ketones (excluding diaryl/α,β-unsaturated/α-hetero) is 1. The monoisotopic (exact) mass is 409 g/mol. The van der Waals surface area contributed by atoms with Gasteiger partial charge in [0.1, 0.15) is 11.9 Å². The van der Waals surface area contributed by atoms with Crippen molar-refractivity contribution in [2.24, 2.45) is 5.41 Å². The number of aromatic nitrogens is 1. The Kier molecular flexibility index (Phi) is 6.65. The first-order valence-corrected chi connectivity index (χ1v) is 10.3. The van der Waals surface area contributed by atoms with Crippen molar-refractivity contribution < 1.29 is 23.9 Å². The van der Waals surface area contributed by atoms with E-state index in [9.17, 15) is 14.4 Å². The van der Waals surface area contributed by atoms with E-state index in [1.54, 1.807) is 13.8 Å². The summed E-state index contributed by atoms with van der Waals surface area (Å²) in [4.78, 5) is 40.2. The van der Waals surface area contributed by atoms with Crippen LogP contribution < -0.4 is 0 Å². The minimum Gasteiger partial charge on any atom is -0.465 e. The summed E-state index contributed by atoms with van der Waals surface area (Å²) >= 11 is 0. The summed E-state index contributed by atoms with van der Waals surface area (Å²) < 4.78 is 10.5. The van der Waals surface area contributed by atoms with Crippen molar-refractivity contribution in [3.63, 3.8) is 0 Å². The number of hydrogen-bond acceptors (Lipinski definition) is 6. The van der Waals surface area contributed by atoms with Gasteiger partial charge in [0.25, 0.3) is 0 Å². The van der Waals surface area contributed by atoms with Gasteiger partial charge >= 0.3 is 11.9 Å². The van der Waals surface area contributed by atoms with Gasteiger partial charge in [-0.3, -0.25) is 14.4 Å². The van der Waals surface area contributed by atoms with Gasteiger partial charge < -0.3 is 9.47 Å². The van der Waals surface area contributed by atoms with Crippen LogP contribution >= 0.6 is 0 Å². The predicted octanol–water partition coefficient (Wildman–Crippen LogP) is 4.56. The highest BCUT2D eigenvalue weighted by atomic mass is 16.5. The fourth-order valence-corrected chi connectivity index (χ4v) is 3.73. The lowest BCUT2D eigenvalue weighted by Gasteiger charge is -2.31. The molecule has 0 aliphatic heterocycles. The topological polar surface area (TPSA) is 82.6 Å². The van der Waals surface area contributed by atoms with Crippen LogP contribution in [-0.2, 0) is 23.9 Å². The van der Waals surface area contributed by atoms with Crippen molar-refractivity contribution in [3.8, 4) is 0 Å². The van der Waals surface area contributed by atoms with Crippen LogP contribution in [0.4, 0.5) is 0 Å². The number of ketones is 1. The van der Waals surface area contributed by atoms with Crippen molar-refractivity contribution in [1.29, 1.82) is 0 Å². The number of ether oxygens (including phenoxy) is 2. The second-order valence-corrected chi connectivity index (χ2v) is 7.69. The fraction of sp³-hybridized carbons (Fsp3) is 0.417. The summed E-state index contributed by atoms with van der Waals surface area (Å²) in [6.07, 6.45) is 5.06. The predicted molar refractivity (Wildman–Crippen MR) is 113 cm³/mol. The van der Waals surface area contributed by atoms with E-state index in [0.29, 0.717) is 38.0 Å². The van der Waals surface area contributed by atoms with E-state index in [2.05, 4.69) is 4.98 Å². The number of benzene rings is 1. The summed E-state index contributed by atoms with van der Waals surface area (Å²) in [5.41, 5.74) is 1.58. The van der Waals surface area contributed by atoms with Crippen molar-refractivity contribution in [1.82, 2.24) is 4.98 Å². The molecule has 0 bridgehead atoms. The van der Waals surface area contributed by atoms with E-state index in [1.807, 2.05) is 42.5 Å². The summed E-state index contributed by atoms with van der Waals surface area (Å²) in [6, 6.07) is 9.65. The average molecular weight is 409 g/mol. The van der Waals surface area contributed by atoms with Gasteiger partial charge in [-0.2, -0.15) is 0 Å². The quantitative estimate of drug-likeness (QED) is 0.650. The van der Waals surface area contributed by atoms with Crippen LogP contribution in [0, 0.1) is 5.41 Å². The van der Waals surface area contributed by atoms with Crippen LogP contribution in [0.15, 0.2) is 36.4 Å². The summed E-state index contributed by atoms with van der Waals surface area (Å²) in [6.45, 7) is 5.25. The number of fused-ring (bicyclic) bond motifs is 1. The Balaban J connectivity index is 1.89. The zero-order valence-electron chi connectivity index (χ0n) is 17.6. The maximum Gasteiger partial charge on any atom is 0.315 e. The average Bonchev–Trinajstić information content (AvgIpc) is 2.72. The molecule has 0 radical (unpaired) electrons. The van der Waals surface area contributed by atoms with Crippen LogP contribution in [0.3, 0.4) is 0 Å². The Hall–Kier alpha value is -3.02. The van der Waals surface area contributed by atoms with Gasteiger partial charge in [-0.1, -0.05) is 30.4 Å². The lowest BCUT2D eigenvalue weighted by molar-refractivity contribution is -0.154. The second-order valence-electron chi connectivity index (χ2n) is 7.69. The molecule has 6 nitrogen and oxygen atoms in total. The highest BCUT2D eigenvalue weighted by Crippen LogP contribution is 2.38. The lowest BCUT2D eigenvalue weighted by atomic mass is 9.73. The molecule has 1 aromatic carbocycles. The number of pyridine rings is 1. The first kappa shape index (κ1) is 21.7. The molecule has 1 heterocycles. The van der Waals surface area contributed by atoms with Crippen molar-refractivity contribution >= 4 is 34.7 Å². The molecule has 0 spiro atoms. The molecule has 30 heavy (non-hydrogen) atoms. The highest BCUT2D eigenvalue weighted by Gasteiger charge is 2.40. The van der Waals surface area contributed by atoms with E-state index >= 15 is 0 Å². The van der Waals surface area contributed by atoms with Crippen molar-refractivity contribution in [2.45, 2.75) is 52.6 Å². The standard InChI is InChI=1S/C24H27NO5/c1-4-29-23(28)24(13-10-20(27)11-14-24)12-9-18-5-6-19-7-8-21(25-22(19)15-18)16(2)30-17(3)26/h5-9,12,15-16H,4,10-11,13-14H2,1-3H3. The molecule has 1 atom stereocenters. The normalized spacial score (nSPS) is 17.1. The molecule has 0 amide bonds. The molecular weight excluding hydrogens is 382 g/mol. The van der Waals surface area contributed by atoms with Gasteiger partial charge in [0, 0.05) is 25.2 Å². The number of esters is 2. The SMILES string of the molecule is CCOC(=O)C1(C=Cc2ccc3ccc(C(C)OC(C)=O)nc3c2)CCC(=O)CC1. The van der Waals surface area contributed by atoms with Gasteiger partial charge in [0.15, 0.2) is 0 Å². The van der Waals surface area contributed by atoms with E-state index in [4.69, 9.17) is 9.47 Å². The third kappa shape index (κ3) is 4.93. The Morgan fingerprint density at radius 3 is 2.57 bits per heavy atom. The van der Waals surface area contributed by atoms with Crippen molar-refractivity contribution in [2.75, 3.05) is 6.61 Å². The van der Waals surface area contributed by atoms with Crippen LogP contribution in [0.1, 0.15) is 63.8 Å². The van der Waals surface area contributed by atoms with Crippen LogP contribution in [0.25, 0.3) is 17.0 Å². The zero-order valence-corrected chi connectivity index (χ0v) is 17.6. The van der Waals surface area contributed by atoms with Gasteiger partial charge in [-0.15, -0.1) is 0 Å². The number of nitrogens with zero attached hydrogens (tertiary/aromatic N) is 1.